The first-order valence-corrected chi connectivity index (χ1v) is 11.3. The molecule has 0 aliphatic heterocycles. The number of nitrogens with one attached hydrogen (secondary N) is 1. The van der Waals surface area contributed by atoms with Gasteiger partial charge in [0.25, 0.3) is 0 Å². The molecule has 6 rings (SSSR count). The second-order valence-corrected chi connectivity index (χ2v) is 8.60. The van der Waals surface area contributed by atoms with Gasteiger partial charge in [-0.05, 0) is 35.9 Å². The van der Waals surface area contributed by atoms with Crippen molar-refractivity contribution in [2.75, 3.05) is 0 Å². The lowest BCUT2D eigenvalue weighted by atomic mass is 10.1. The number of hydrogen-bond donors (Lipinski definition) is 1. The highest BCUT2D eigenvalue weighted by atomic mass is 32.1. The molecule has 7 nitrogen and oxygen atoms in total. The molecule has 0 radical (unpaired) electrons. The average Bonchev–Trinajstić information content (AvgIpc) is 3.57. The first kappa shape index (κ1) is 19.9. The Balaban J connectivity index is 1.22. The van der Waals surface area contributed by atoms with E-state index in [1.165, 1.54) is 0 Å². The number of rotatable bonds is 4. The van der Waals surface area contributed by atoms with Crippen LogP contribution in [0.25, 0.3) is 54.8 Å². The second kappa shape index (κ2) is 8.31. The third kappa shape index (κ3) is 3.70. The highest BCUT2D eigenvalue weighted by Gasteiger charge is 2.11. The Hall–Kier alpha value is -4.74. The van der Waals surface area contributed by atoms with Gasteiger partial charge in [0.1, 0.15) is 10.7 Å². The maximum absolute atomic E-state index is 8.95. The summed E-state index contributed by atoms with van der Waals surface area (Å²) in [5.41, 5.74) is 6.82. The van der Waals surface area contributed by atoms with Crippen molar-refractivity contribution in [2.45, 2.75) is 0 Å². The molecule has 4 heterocycles. The fourth-order valence-corrected chi connectivity index (χ4v) is 4.54. The fraction of sp³-hybridized carbons (Fsp3) is 0. The summed E-state index contributed by atoms with van der Waals surface area (Å²) in [5, 5.41) is 17.4. The molecule has 0 bridgehead atoms. The number of nitrogens with zero attached hydrogens (tertiary/aromatic N) is 6. The molecule has 0 fully saturated rings. The smallest absolute Gasteiger partial charge is 0.177 e. The first-order valence-electron chi connectivity index (χ1n) is 10.5. The number of aromatic nitrogens is 6. The molecular weight excluding hydrogens is 442 g/mol. The molecule has 0 atom stereocenters. The number of aromatic amines is 1. The molecule has 2 aromatic carbocycles. The van der Waals surface area contributed by atoms with Crippen LogP contribution in [0.5, 0.6) is 0 Å². The topological polar surface area (TPSA) is 104 Å². The second-order valence-electron chi connectivity index (χ2n) is 7.57. The third-order valence-electron chi connectivity index (χ3n) is 5.41. The van der Waals surface area contributed by atoms with Gasteiger partial charge in [-0.2, -0.15) is 10.4 Å². The zero-order valence-corrected chi connectivity index (χ0v) is 18.5. The third-order valence-corrected chi connectivity index (χ3v) is 6.47. The molecule has 160 valence electrons. The molecule has 4 aromatic heterocycles. The van der Waals surface area contributed by atoms with Crippen LogP contribution in [0.4, 0.5) is 0 Å². The van der Waals surface area contributed by atoms with E-state index in [2.05, 4.69) is 36.2 Å². The number of benzene rings is 2. The zero-order chi connectivity index (χ0) is 22.9. The van der Waals surface area contributed by atoms with Gasteiger partial charge < -0.3 is 0 Å². The summed E-state index contributed by atoms with van der Waals surface area (Å²) >= 11 is 1.63. The summed E-state index contributed by atoms with van der Waals surface area (Å²) in [6.07, 6.45) is 5.30. The molecule has 0 unspecified atom stereocenters. The molecule has 0 saturated carbocycles. The number of nitriles is 1. The van der Waals surface area contributed by atoms with E-state index in [1.807, 2.05) is 54.6 Å². The number of H-pyrrole nitrogens is 1. The molecule has 8 heteroatoms. The Kier molecular flexibility index (Phi) is 4.87. The van der Waals surface area contributed by atoms with Crippen LogP contribution >= 0.6 is 11.3 Å². The number of fused-ring (bicyclic) bond motifs is 1. The predicted octanol–water partition coefficient (Wildman–Crippen LogP) is 5.74. The van der Waals surface area contributed by atoms with E-state index in [1.54, 1.807) is 42.1 Å². The lowest BCUT2D eigenvalue weighted by molar-refractivity contribution is 1.07. The maximum Gasteiger partial charge on any atom is 0.177 e. The van der Waals surface area contributed by atoms with E-state index >= 15 is 0 Å². The summed E-state index contributed by atoms with van der Waals surface area (Å²) in [5.74, 6) is 0.565. The van der Waals surface area contributed by atoms with Crippen molar-refractivity contribution in [3.05, 3.63) is 90.9 Å². The molecule has 34 heavy (non-hydrogen) atoms. The van der Waals surface area contributed by atoms with Gasteiger partial charge in [-0.15, -0.1) is 11.3 Å². The van der Waals surface area contributed by atoms with Crippen molar-refractivity contribution in [1.29, 1.82) is 5.26 Å². The van der Waals surface area contributed by atoms with Gasteiger partial charge in [0.2, 0.25) is 0 Å². The number of thiazole rings is 1. The molecule has 6 aromatic rings. The van der Waals surface area contributed by atoms with Crippen molar-refractivity contribution >= 4 is 21.7 Å². The normalized spacial score (nSPS) is 10.9. The number of hydrogen-bond acceptors (Lipinski definition) is 7. The Bertz CT molecular complexity index is 1610. The van der Waals surface area contributed by atoms with Crippen LogP contribution < -0.4 is 0 Å². The van der Waals surface area contributed by atoms with E-state index in [9.17, 15) is 0 Å². The van der Waals surface area contributed by atoms with Crippen LogP contribution in [-0.4, -0.2) is 30.1 Å². The Morgan fingerprint density at radius 2 is 1.53 bits per heavy atom. The van der Waals surface area contributed by atoms with E-state index < -0.39 is 0 Å². The summed E-state index contributed by atoms with van der Waals surface area (Å²) in [6.45, 7) is 0. The SMILES string of the molecule is N#Cc1ccc(-c2cnc(-c3cc(-c4ccc(-c5nc6ncccc6s5)cc4)n[nH]3)nc2)cc1. The average molecular weight is 458 g/mol. The molecule has 0 aliphatic rings. The largest absolute Gasteiger partial charge is 0.274 e. The van der Waals surface area contributed by atoms with Crippen molar-refractivity contribution in [1.82, 2.24) is 30.1 Å². The van der Waals surface area contributed by atoms with Gasteiger partial charge in [0.05, 0.1) is 22.0 Å². The van der Waals surface area contributed by atoms with Crippen molar-refractivity contribution in [3.63, 3.8) is 0 Å². The van der Waals surface area contributed by atoms with Gasteiger partial charge in [0, 0.05) is 35.3 Å². The molecule has 0 saturated heterocycles. The fourth-order valence-electron chi connectivity index (χ4n) is 3.61. The minimum atomic E-state index is 0.565. The van der Waals surface area contributed by atoms with Gasteiger partial charge in [-0.1, -0.05) is 36.4 Å². The van der Waals surface area contributed by atoms with E-state index in [0.29, 0.717) is 11.4 Å². The van der Waals surface area contributed by atoms with Gasteiger partial charge in [0.15, 0.2) is 11.5 Å². The van der Waals surface area contributed by atoms with Crippen molar-refractivity contribution in [2.24, 2.45) is 0 Å². The van der Waals surface area contributed by atoms with Crippen LogP contribution in [0.2, 0.25) is 0 Å². The zero-order valence-electron chi connectivity index (χ0n) is 17.7. The van der Waals surface area contributed by atoms with Crippen LogP contribution in [0, 0.1) is 11.3 Å². The van der Waals surface area contributed by atoms with Crippen molar-refractivity contribution in [3.8, 4) is 50.5 Å². The van der Waals surface area contributed by atoms with Crippen molar-refractivity contribution < 1.29 is 0 Å². The minimum absolute atomic E-state index is 0.565. The highest BCUT2D eigenvalue weighted by molar-refractivity contribution is 7.21. The van der Waals surface area contributed by atoms with Gasteiger partial charge in [-0.25, -0.2) is 19.9 Å². The summed E-state index contributed by atoms with van der Waals surface area (Å²) in [6, 6.07) is 23.5. The highest BCUT2D eigenvalue weighted by Crippen LogP contribution is 2.31. The first-order chi connectivity index (χ1) is 16.8. The van der Waals surface area contributed by atoms with Crippen LogP contribution in [0.3, 0.4) is 0 Å². The summed E-state index contributed by atoms with van der Waals surface area (Å²) in [7, 11) is 0. The van der Waals surface area contributed by atoms with Crippen LogP contribution in [0.15, 0.2) is 85.3 Å². The number of pyridine rings is 1. The summed E-state index contributed by atoms with van der Waals surface area (Å²) < 4.78 is 1.07. The summed E-state index contributed by atoms with van der Waals surface area (Å²) in [4.78, 5) is 17.9. The monoisotopic (exact) mass is 457 g/mol. The van der Waals surface area contributed by atoms with Crippen LogP contribution in [0.1, 0.15) is 5.56 Å². The van der Waals surface area contributed by atoms with E-state index in [0.717, 1.165) is 49.0 Å². The molecule has 0 aliphatic carbocycles. The minimum Gasteiger partial charge on any atom is -0.274 e. The molecule has 1 N–H and O–H groups in total. The lowest BCUT2D eigenvalue weighted by Gasteiger charge is -2.02. The standard InChI is InChI=1S/C26H15N7S/c27-13-16-3-5-17(6-4-16)20-14-29-24(30-15-20)22-12-21(32-33-22)18-7-9-19(10-8-18)26-31-25-23(34-26)2-1-11-28-25/h1-12,14-15H,(H,32,33). The van der Waals surface area contributed by atoms with E-state index in [4.69, 9.17) is 5.26 Å². The lowest BCUT2D eigenvalue weighted by Crippen LogP contribution is -1.90. The Labute approximate surface area is 198 Å². The van der Waals surface area contributed by atoms with Gasteiger partial charge in [-0.3, -0.25) is 5.10 Å². The maximum atomic E-state index is 8.95. The van der Waals surface area contributed by atoms with Gasteiger partial charge >= 0.3 is 0 Å². The Morgan fingerprint density at radius 1 is 0.794 bits per heavy atom. The quantitative estimate of drug-likeness (QED) is 0.362. The van der Waals surface area contributed by atoms with E-state index in [-0.39, 0.29) is 0 Å². The molecule has 0 amide bonds. The molecular formula is C26H15N7S. The van der Waals surface area contributed by atoms with Crippen LogP contribution in [-0.2, 0) is 0 Å². The molecule has 0 spiro atoms. The Morgan fingerprint density at radius 3 is 2.26 bits per heavy atom. The predicted molar refractivity (Wildman–Crippen MR) is 132 cm³/mol.